The van der Waals surface area contributed by atoms with E-state index in [4.69, 9.17) is 5.11 Å². The minimum Gasteiger partial charge on any atom is -0.478 e. The molecule has 5 nitrogen and oxygen atoms in total. The third-order valence-corrected chi connectivity index (χ3v) is 2.75. The van der Waals surface area contributed by atoms with Crippen molar-refractivity contribution in [3.05, 3.63) is 17.5 Å². The zero-order valence-corrected chi connectivity index (χ0v) is 7.86. The number of carboxylic acid groups (broad SMARTS) is 1. The van der Waals surface area contributed by atoms with Gasteiger partial charge in [0.05, 0.1) is 6.54 Å². The van der Waals surface area contributed by atoms with E-state index in [0.717, 1.165) is 0 Å². The topological polar surface area (TPSA) is 66.8 Å². The summed E-state index contributed by atoms with van der Waals surface area (Å²) in [6.45, 7) is 0.0781. The molecule has 1 aromatic rings. The summed E-state index contributed by atoms with van der Waals surface area (Å²) in [5.74, 6) is -1.11. The van der Waals surface area contributed by atoms with Crippen molar-refractivity contribution in [2.75, 3.05) is 11.4 Å². The third kappa shape index (κ3) is 1.44. The fraction of sp³-hybridized carbons (Fsp3) is 0.250. The van der Waals surface area contributed by atoms with Crippen LogP contribution in [0, 0.1) is 0 Å². The summed E-state index contributed by atoms with van der Waals surface area (Å²) in [5.41, 5.74) is 0. The van der Waals surface area contributed by atoms with E-state index in [-0.39, 0.29) is 6.54 Å². The van der Waals surface area contributed by atoms with E-state index in [1.165, 1.54) is 16.2 Å². The number of cyclic esters (lactones) is 1. The van der Waals surface area contributed by atoms with Crippen LogP contribution in [-0.2, 0) is 9.53 Å². The molecule has 0 bridgehead atoms. The van der Waals surface area contributed by atoms with Gasteiger partial charge in [-0.25, -0.2) is 9.59 Å². The SMILES string of the molecule is O=C(O)[C@H]1CN(c2cccs2)C(=O)O1. The molecule has 0 unspecified atom stereocenters. The number of anilines is 1. The first-order valence-corrected chi connectivity index (χ1v) is 4.81. The molecule has 0 saturated carbocycles. The summed E-state index contributed by atoms with van der Waals surface area (Å²) < 4.78 is 4.65. The molecule has 2 heterocycles. The Morgan fingerprint density at radius 2 is 2.50 bits per heavy atom. The number of hydrogen-bond acceptors (Lipinski definition) is 4. The number of thiophene rings is 1. The average Bonchev–Trinajstić information content (AvgIpc) is 2.71. The highest BCUT2D eigenvalue weighted by molar-refractivity contribution is 7.14. The van der Waals surface area contributed by atoms with Crippen molar-refractivity contribution < 1.29 is 19.4 Å². The van der Waals surface area contributed by atoms with Gasteiger partial charge in [-0.2, -0.15) is 0 Å². The summed E-state index contributed by atoms with van der Waals surface area (Å²) in [6, 6.07) is 3.54. The van der Waals surface area contributed by atoms with Crippen LogP contribution in [0.25, 0.3) is 0 Å². The molecule has 1 fully saturated rings. The second-order valence-corrected chi connectivity index (χ2v) is 3.70. The Bertz CT molecular complexity index is 361. The van der Waals surface area contributed by atoms with Crippen LogP contribution in [0.2, 0.25) is 0 Å². The van der Waals surface area contributed by atoms with Gasteiger partial charge < -0.3 is 9.84 Å². The molecule has 0 aliphatic carbocycles. The summed E-state index contributed by atoms with van der Waals surface area (Å²) in [4.78, 5) is 23.1. The molecular formula is C8H7NO4S. The molecule has 1 aromatic heterocycles. The minimum absolute atomic E-state index is 0.0781. The lowest BCUT2D eigenvalue weighted by atomic mass is 10.3. The van der Waals surface area contributed by atoms with Gasteiger partial charge in [0.25, 0.3) is 0 Å². The number of carbonyl (C=O) groups excluding carboxylic acids is 1. The Morgan fingerprint density at radius 3 is 3.00 bits per heavy atom. The maximum Gasteiger partial charge on any atom is 0.415 e. The second kappa shape index (κ2) is 3.30. The fourth-order valence-electron chi connectivity index (χ4n) is 1.19. The standard InChI is InChI=1S/C8H7NO4S/c10-7(11)5-4-9(8(12)13-5)6-2-1-3-14-6/h1-3,5H,4H2,(H,10,11)/t5-/m1/s1. The van der Waals surface area contributed by atoms with E-state index >= 15 is 0 Å². The van der Waals surface area contributed by atoms with Crippen molar-refractivity contribution in [1.29, 1.82) is 0 Å². The Hall–Kier alpha value is -1.56. The van der Waals surface area contributed by atoms with Crippen LogP contribution in [0.4, 0.5) is 9.80 Å². The molecule has 1 atom stereocenters. The zero-order valence-electron chi connectivity index (χ0n) is 7.04. The first kappa shape index (κ1) is 9.01. The monoisotopic (exact) mass is 213 g/mol. The van der Waals surface area contributed by atoms with Gasteiger partial charge in [0.1, 0.15) is 5.00 Å². The summed E-state index contributed by atoms with van der Waals surface area (Å²) >= 11 is 1.37. The average molecular weight is 213 g/mol. The number of carboxylic acids is 1. The van der Waals surface area contributed by atoms with Crippen molar-refractivity contribution in [2.24, 2.45) is 0 Å². The molecule has 1 amide bonds. The Morgan fingerprint density at radius 1 is 1.71 bits per heavy atom. The predicted octanol–water partition coefficient (Wildman–Crippen LogP) is 1.16. The fourth-order valence-corrected chi connectivity index (χ4v) is 1.92. The number of ether oxygens (including phenoxy) is 1. The quantitative estimate of drug-likeness (QED) is 0.800. The van der Waals surface area contributed by atoms with Crippen molar-refractivity contribution in [3.63, 3.8) is 0 Å². The van der Waals surface area contributed by atoms with E-state index in [0.29, 0.717) is 5.00 Å². The first-order chi connectivity index (χ1) is 6.68. The van der Waals surface area contributed by atoms with Crippen LogP contribution in [0.5, 0.6) is 0 Å². The number of carbonyl (C=O) groups is 2. The van der Waals surface area contributed by atoms with Gasteiger partial charge in [0.2, 0.25) is 6.10 Å². The van der Waals surface area contributed by atoms with E-state index in [9.17, 15) is 9.59 Å². The molecular weight excluding hydrogens is 206 g/mol. The molecule has 0 aromatic carbocycles. The van der Waals surface area contributed by atoms with Crippen molar-refractivity contribution in [1.82, 2.24) is 0 Å². The minimum atomic E-state index is -1.11. The van der Waals surface area contributed by atoms with E-state index < -0.39 is 18.2 Å². The molecule has 1 saturated heterocycles. The molecule has 14 heavy (non-hydrogen) atoms. The number of rotatable bonds is 2. The smallest absolute Gasteiger partial charge is 0.415 e. The Balaban J connectivity index is 2.16. The van der Waals surface area contributed by atoms with Crippen LogP contribution >= 0.6 is 11.3 Å². The molecule has 0 spiro atoms. The van der Waals surface area contributed by atoms with Gasteiger partial charge in [0.15, 0.2) is 0 Å². The van der Waals surface area contributed by atoms with E-state index in [1.54, 1.807) is 12.1 Å². The lowest BCUT2D eigenvalue weighted by Crippen LogP contribution is -2.26. The van der Waals surface area contributed by atoms with Gasteiger partial charge in [-0.1, -0.05) is 0 Å². The zero-order chi connectivity index (χ0) is 10.1. The van der Waals surface area contributed by atoms with E-state index in [1.807, 2.05) is 5.38 Å². The molecule has 1 N–H and O–H groups in total. The van der Waals surface area contributed by atoms with Crippen molar-refractivity contribution in [3.8, 4) is 0 Å². The molecule has 74 valence electrons. The molecule has 1 aliphatic rings. The second-order valence-electron chi connectivity index (χ2n) is 2.77. The summed E-state index contributed by atoms with van der Waals surface area (Å²) in [7, 11) is 0. The highest BCUT2D eigenvalue weighted by Crippen LogP contribution is 2.26. The lowest BCUT2D eigenvalue weighted by Gasteiger charge is -2.07. The van der Waals surface area contributed by atoms with E-state index in [2.05, 4.69) is 4.74 Å². The Kier molecular flexibility index (Phi) is 2.12. The van der Waals surface area contributed by atoms with Crippen LogP contribution in [0.15, 0.2) is 17.5 Å². The lowest BCUT2D eigenvalue weighted by molar-refractivity contribution is -0.144. The Labute approximate surface area is 83.5 Å². The largest absolute Gasteiger partial charge is 0.478 e. The molecule has 2 rings (SSSR count). The van der Waals surface area contributed by atoms with Gasteiger partial charge >= 0.3 is 12.1 Å². The molecule has 1 aliphatic heterocycles. The van der Waals surface area contributed by atoms with Crippen LogP contribution in [-0.4, -0.2) is 29.8 Å². The first-order valence-electron chi connectivity index (χ1n) is 3.93. The highest BCUT2D eigenvalue weighted by atomic mass is 32.1. The summed E-state index contributed by atoms with van der Waals surface area (Å²) in [5, 5.41) is 11.2. The molecule has 0 radical (unpaired) electrons. The highest BCUT2D eigenvalue weighted by Gasteiger charge is 2.37. The van der Waals surface area contributed by atoms with Gasteiger partial charge in [0, 0.05) is 0 Å². The summed E-state index contributed by atoms with van der Waals surface area (Å²) in [6.07, 6.45) is -1.65. The molecule has 6 heteroatoms. The van der Waals surface area contributed by atoms with Gasteiger partial charge in [-0.15, -0.1) is 11.3 Å². The van der Waals surface area contributed by atoms with Crippen LogP contribution in [0.3, 0.4) is 0 Å². The van der Waals surface area contributed by atoms with Crippen LogP contribution in [0.1, 0.15) is 0 Å². The maximum absolute atomic E-state index is 11.2. The van der Waals surface area contributed by atoms with Gasteiger partial charge in [-0.3, -0.25) is 4.90 Å². The predicted molar refractivity (Wildman–Crippen MR) is 49.6 cm³/mol. The normalized spacial score (nSPS) is 21.0. The van der Waals surface area contributed by atoms with Crippen LogP contribution < -0.4 is 4.90 Å². The van der Waals surface area contributed by atoms with Crippen molar-refractivity contribution >= 4 is 28.4 Å². The number of nitrogens with zero attached hydrogens (tertiary/aromatic N) is 1. The number of amides is 1. The third-order valence-electron chi connectivity index (χ3n) is 1.86. The number of aliphatic carboxylic acids is 1. The maximum atomic E-state index is 11.2. The van der Waals surface area contributed by atoms with Gasteiger partial charge in [-0.05, 0) is 17.5 Å². The van der Waals surface area contributed by atoms with Crippen molar-refractivity contribution in [2.45, 2.75) is 6.10 Å². The number of hydrogen-bond donors (Lipinski definition) is 1.